The average molecular weight is 620 g/mol. The fourth-order valence-electron chi connectivity index (χ4n) is 4.33. The molecule has 0 aliphatic heterocycles. The van der Waals surface area contributed by atoms with Gasteiger partial charge < -0.3 is 4.74 Å². The van der Waals surface area contributed by atoms with Crippen molar-refractivity contribution in [2.45, 2.75) is 16.7 Å². The predicted molar refractivity (Wildman–Crippen MR) is 168 cm³/mol. The minimum Gasteiger partial charge on any atom is -0.486 e. The van der Waals surface area contributed by atoms with Gasteiger partial charge in [0.25, 0.3) is 20.0 Å². The average Bonchev–Trinajstić information content (AvgIpc) is 3.37. The molecular weight excluding hydrogens is 595 g/mol. The molecule has 0 fully saturated rings. The van der Waals surface area contributed by atoms with Crippen molar-refractivity contribution >= 4 is 54.3 Å². The number of methoxy groups -OCH3 is 1. The van der Waals surface area contributed by atoms with Gasteiger partial charge in [0.05, 0.1) is 27.5 Å². The third kappa shape index (κ3) is 5.69. The standard InChI is InChI=1S/C31H25NO5S4/c1-22-29(21-30(39-22)31(38)37-2)32(40(33,34)27-17-13-25(14-18-27)23-9-5-3-6-10-23)41(35,36)28-19-15-26(16-20-28)24-11-7-4-8-12-24/h3-21H,1-2H3. The van der Waals surface area contributed by atoms with Crippen LogP contribution in [0.15, 0.2) is 125 Å². The number of ether oxygens (including phenoxy) is 1. The Labute approximate surface area is 249 Å². The number of anilines is 1. The van der Waals surface area contributed by atoms with Gasteiger partial charge in [0.1, 0.15) is 0 Å². The number of thiocarbonyl (C=S) groups is 1. The molecule has 0 radical (unpaired) electrons. The topological polar surface area (TPSA) is 80.8 Å². The number of nitrogens with zero attached hydrogens (tertiary/aromatic N) is 1. The van der Waals surface area contributed by atoms with Crippen LogP contribution in [0.1, 0.15) is 9.75 Å². The fourth-order valence-corrected chi connectivity index (χ4v) is 9.35. The molecule has 0 bridgehead atoms. The molecule has 208 valence electrons. The van der Waals surface area contributed by atoms with E-state index in [9.17, 15) is 16.8 Å². The Morgan fingerprint density at radius 1 is 0.659 bits per heavy atom. The molecule has 0 aliphatic carbocycles. The lowest BCUT2D eigenvalue weighted by molar-refractivity contribution is 0.417. The molecule has 0 spiro atoms. The summed E-state index contributed by atoms with van der Waals surface area (Å²) >= 11 is 6.41. The Morgan fingerprint density at radius 2 is 1.05 bits per heavy atom. The number of benzene rings is 4. The third-order valence-electron chi connectivity index (χ3n) is 6.43. The first-order chi connectivity index (χ1) is 19.6. The third-order valence-corrected chi connectivity index (χ3v) is 12.2. The van der Waals surface area contributed by atoms with Crippen LogP contribution in [-0.2, 0) is 24.8 Å². The maximum absolute atomic E-state index is 14.2. The number of rotatable bonds is 8. The zero-order valence-corrected chi connectivity index (χ0v) is 25.4. The van der Waals surface area contributed by atoms with E-state index in [1.54, 1.807) is 31.2 Å². The second kappa shape index (κ2) is 11.6. The molecule has 5 rings (SSSR count). The first kappa shape index (κ1) is 28.7. The Hall–Kier alpha value is -3.83. The normalized spacial score (nSPS) is 11.7. The van der Waals surface area contributed by atoms with Gasteiger partial charge in [0.2, 0.25) is 5.05 Å². The van der Waals surface area contributed by atoms with Gasteiger partial charge in [-0.05, 0) is 71.7 Å². The lowest BCUT2D eigenvalue weighted by Gasteiger charge is -2.24. The molecule has 1 aromatic heterocycles. The van der Waals surface area contributed by atoms with E-state index in [0.717, 1.165) is 33.6 Å². The Bertz CT molecular complexity index is 1790. The van der Waals surface area contributed by atoms with Crippen molar-refractivity contribution in [3.8, 4) is 22.3 Å². The van der Waals surface area contributed by atoms with Crippen LogP contribution in [0, 0.1) is 6.92 Å². The summed E-state index contributed by atoms with van der Waals surface area (Å²) in [6, 6.07) is 32.7. The van der Waals surface area contributed by atoms with E-state index in [1.165, 1.54) is 37.4 Å². The van der Waals surface area contributed by atoms with Crippen LogP contribution >= 0.6 is 23.6 Å². The number of aryl methyl sites for hydroxylation is 1. The molecule has 41 heavy (non-hydrogen) atoms. The van der Waals surface area contributed by atoms with Gasteiger partial charge in [-0.25, -0.2) is 16.8 Å². The van der Waals surface area contributed by atoms with Crippen LogP contribution in [0.25, 0.3) is 22.3 Å². The van der Waals surface area contributed by atoms with Gasteiger partial charge in [-0.2, -0.15) is 3.71 Å². The minimum absolute atomic E-state index is 0.0105. The molecule has 0 saturated carbocycles. The number of thiophene rings is 1. The Kier molecular flexibility index (Phi) is 8.10. The van der Waals surface area contributed by atoms with Crippen molar-refractivity contribution < 1.29 is 21.6 Å². The van der Waals surface area contributed by atoms with Crippen LogP contribution in [0.2, 0.25) is 0 Å². The van der Waals surface area contributed by atoms with Gasteiger partial charge in [-0.1, -0.05) is 84.9 Å². The summed E-state index contributed by atoms with van der Waals surface area (Å²) in [5, 5.41) is 0.138. The van der Waals surface area contributed by atoms with Crippen LogP contribution in [0.3, 0.4) is 0 Å². The Balaban J connectivity index is 1.63. The molecule has 0 atom stereocenters. The molecule has 5 aromatic rings. The van der Waals surface area contributed by atoms with E-state index < -0.39 is 20.0 Å². The summed E-state index contributed by atoms with van der Waals surface area (Å²) in [6.45, 7) is 1.65. The summed E-state index contributed by atoms with van der Waals surface area (Å²) in [4.78, 5) is 0.573. The lowest BCUT2D eigenvalue weighted by Crippen LogP contribution is -2.37. The number of hydrogen-bond acceptors (Lipinski definition) is 7. The van der Waals surface area contributed by atoms with Crippen molar-refractivity contribution in [3.63, 3.8) is 0 Å². The maximum atomic E-state index is 14.2. The van der Waals surface area contributed by atoms with Crippen molar-refractivity contribution in [3.05, 3.63) is 125 Å². The maximum Gasteiger partial charge on any atom is 0.277 e. The molecule has 0 amide bonds. The quantitative estimate of drug-likeness (QED) is 0.170. The Morgan fingerprint density at radius 3 is 1.44 bits per heavy atom. The highest BCUT2D eigenvalue weighted by atomic mass is 32.3. The van der Waals surface area contributed by atoms with Gasteiger partial charge in [0.15, 0.2) is 0 Å². The molecular formula is C31H25NO5S4. The first-order valence-corrected chi connectivity index (χ1v) is 16.5. The van der Waals surface area contributed by atoms with Gasteiger partial charge >= 0.3 is 0 Å². The highest BCUT2D eigenvalue weighted by Gasteiger charge is 2.39. The molecule has 0 saturated heterocycles. The summed E-state index contributed by atoms with van der Waals surface area (Å²) < 4.78 is 62.4. The molecule has 0 aliphatic rings. The SMILES string of the molecule is COC(=S)c1cc(N(S(=O)(=O)c2ccc(-c3ccccc3)cc2)S(=O)(=O)c2ccc(-c3ccccc3)cc2)c(C)s1. The molecule has 4 aromatic carbocycles. The van der Waals surface area contributed by atoms with Crippen molar-refractivity contribution in [1.82, 2.24) is 0 Å². The van der Waals surface area contributed by atoms with Crippen LogP contribution in [0.5, 0.6) is 0 Å². The first-order valence-electron chi connectivity index (χ1n) is 12.4. The molecule has 6 nitrogen and oxygen atoms in total. The van der Waals surface area contributed by atoms with Crippen molar-refractivity contribution in [2.24, 2.45) is 0 Å². The summed E-state index contributed by atoms with van der Waals surface area (Å²) in [5.41, 5.74) is 3.41. The predicted octanol–water partition coefficient (Wildman–Crippen LogP) is 7.30. The minimum atomic E-state index is -4.59. The molecule has 1 heterocycles. The number of sulfonamides is 2. The molecule has 0 unspecified atom stereocenters. The van der Waals surface area contributed by atoms with E-state index in [2.05, 4.69) is 0 Å². The van der Waals surface area contributed by atoms with E-state index in [4.69, 9.17) is 17.0 Å². The van der Waals surface area contributed by atoms with E-state index in [1.807, 2.05) is 60.7 Å². The van der Waals surface area contributed by atoms with Crippen molar-refractivity contribution in [2.75, 3.05) is 10.8 Å². The summed E-state index contributed by atoms with van der Waals surface area (Å²) in [6.07, 6.45) is 0. The van der Waals surface area contributed by atoms with Crippen LogP contribution in [-0.4, -0.2) is 29.0 Å². The van der Waals surface area contributed by atoms with Gasteiger partial charge in [0, 0.05) is 4.88 Å². The smallest absolute Gasteiger partial charge is 0.277 e. The highest BCUT2D eigenvalue weighted by Crippen LogP contribution is 2.38. The zero-order valence-electron chi connectivity index (χ0n) is 22.1. The van der Waals surface area contributed by atoms with Crippen LogP contribution < -0.4 is 3.71 Å². The van der Waals surface area contributed by atoms with E-state index in [0.29, 0.717) is 13.5 Å². The van der Waals surface area contributed by atoms with E-state index in [-0.39, 0.29) is 20.5 Å². The van der Waals surface area contributed by atoms with Gasteiger partial charge in [-0.15, -0.1) is 11.3 Å². The van der Waals surface area contributed by atoms with Crippen molar-refractivity contribution in [1.29, 1.82) is 0 Å². The molecule has 10 heteroatoms. The number of hydrogen-bond donors (Lipinski definition) is 0. The fraction of sp³-hybridized carbons (Fsp3) is 0.0645. The van der Waals surface area contributed by atoms with E-state index >= 15 is 0 Å². The molecule has 0 N–H and O–H groups in total. The monoisotopic (exact) mass is 619 g/mol. The second-order valence-corrected chi connectivity index (χ2v) is 14.5. The van der Waals surface area contributed by atoms with Gasteiger partial charge in [-0.3, -0.25) is 0 Å². The highest BCUT2D eigenvalue weighted by molar-refractivity contribution is 8.10. The largest absolute Gasteiger partial charge is 0.486 e. The lowest BCUT2D eigenvalue weighted by atomic mass is 10.1. The summed E-state index contributed by atoms with van der Waals surface area (Å²) in [7, 11) is -7.78. The second-order valence-electron chi connectivity index (χ2n) is 9.03. The summed E-state index contributed by atoms with van der Waals surface area (Å²) in [5.74, 6) is 0. The zero-order chi connectivity index (χ0) is 29.2. The van der Waals surface area contributed by atoms with Crippen LogP contribution in [0.4, 0.5) is 5.69 Å².